The van der Waals surface area contributed by atoms with Crippen LogP contribution in [0.2, 0.25) is 0 Å². The molecule has 0 saturated heterocycles. The standard InChI is InChI=1S/C19H24N2O2S/c1-13(2)16(20)10-11-21(3)19(23)15-8-5-4-7-14(15)18(22)17-9-6-12-24-17/h4-9,12-13,16H,10-11,20H2,1-3H3. The lowest BCUT2D eigenvalue weighted by molar-refractivity contribution is 0.0784. The SMILES string of the molecule is CC(C)C(N)CCN(C)C(=O)c1ccccc1C(=O)c1cccs1. The van der Waals surface area contributed by atoms with Crippen molar-refractivity contribution >= 4 is 23.0 Å². The molecule has 0 aliphatic rings. The fourth-order valence-electron chi connectivity index (χ4n) is 2.39. The summed E-state index contributed by atoms with van der Waals surface area (Å²) in [6.07, 6.45) is 0.737. The highest BCUT2D eigenvalue weighted by atomic mass is 32.1. The normalized spacial score (nSPS) is 12.2. The Morgan fingerprint density at radius 3 is 2.38 bits per heavy atom. The van der Waals surface area contributed by atoms with Gasteiger partial charge in [-0.2, -0.15) is 0 Å². The first kappa shape index (κ1) is 18.4. The second-order valence-corrected chi connectivity index (χ2v) is 7.22. The van der Waals surface area contributed by atoms with E-state index in [-0.39, 0.29) is 17.7 Å². The summed E-state index contributed by atoms with van der Waals surface area (Å²) in [5, 5.41) is 1.86. The van der Waals surface area contributed by atoms with E-state index in [0.717, 1.165) is 6.42 Å². The van der Waals surface area contributed by atoms with Gasteiger partial charge in [-0.25, -0.2) is 0 Å². The highest BCUT2D eigenvalue weighted by molar-refractivity contribution is 7.12. The molecule has 0 bridgehead atoms. The van der Waals surface area contributed by atoms with Crippen molar-refractivity contribution < 1.29 is 9.59 Å². The summed E-state index contributed by atoms with van der Waals surface area (Å²) in [4.78, 5) is 27.7. The Bertz CT molecular complexity index is 695. The molecule has 1 amide bonds. The number of amides is 1. The highest BCUT2D eigenvalue weighted by Gasteiger charge is 2.21. The third kappa shape index (κ3) is 4.30. The molecule has 24 heavy (non-hydrogen) atoms. The van der Waals surface area contributed by atoms with Crippen LogP contribution in [-0.2, 0) is 0 Å². The van der Waals surface area contributed by atoms with E-state index in [0.29, 0.717) is 28.5 Å². The Kier molecular flexibility index (Phi) is 6.29. The zero-order valence-electron chi connectivity index (χ0n) is 14.4. The fourth-order valence-corrected chi connectivity index (χ4v) is 3.07. The molecular weight excluding hydrogens is 320 g/mol. The van der Waals surface area contributed by atoms with Gasteiger partial charge in [0.05, 0.1) is 10.4 Å². The third-order valence-corrected chi connectivity index (χ3v) is 5.02. The molecule has 1 heterocycles. The number of nitrogens with two attached hydrogens (primary N) is 1. The minimum atomic E-state index is -0.147. The molecule has 128 valence electrons. The van der Waals surface area contributed by atoms with Crippen molar-refractivity contribution in [3.05, 3.63) is 57.8 Å². The first-order valence-electron chi connectivity index (χ1n) is 8.10. The zero-order valence-corrected chi connectivity index (χ0v) is 15.2. The number of thiophene rings is 1. The molecule has 1 aromatic heterocycles. The summed E-state index contributed by atoms with van der Waals surface area (Å²) in [5.74, 6) is 0.119. The topological polar surface area (TPSA) is 63.4 Å². The van der Waals surface area contributed by atoms with Crippen LogP contribution in [0.3, 0.4) is 0 Å². The van der Waals surface area contributed by atoms with Crippen molar-refractivity contribution in [2.75, 3.05) is 13.6 Å². The molecule has 0 aliphatic heterocycles. The van der Waals surface area contributed by atoms with Crippen molar-refractivity contribution in [2.24, 2.45) is 11.7 Å². The number of hydrogen-bond donors (Lipinski definition) is 1. The number of benzene rings is 1. The number of carbonyl (C=O) groups excluding carboxylic acids is 2. The molecule has 5 heteroatoms. The summed E-state index contributed by atoms with van der Waals surface area (Å²) < 4.78 is 0. The van der Waals surface area contributed by atoms with E-state index in [1.54, 1.807) is 42.3 Å². The predicted octanol–water partition coefficient (Wildman–Crippen LogP) is 3.42. The van der Waals surface area contributed by atoms with Crippen LogP contribution >= 0.6 is 11.3 Å². The van der Waals surface area contributed by atoms with Crippen LogP contribution in [0.5, 0.6) is 0 Å². The Hall–Kier alpha value is -1.98. The summed E-state index contributed by atoms with van der Waals surface area (Å²) in [6, 6.07) is 10.7. The van der Waals surface area contributed by atoms with E-state index in [9.17, 15) is 9.59 Å². The largest absolute Gasteiger partial charge is 0.342 e. The molecule has 1 aromatic carbocycles. The van der Waals surface area contributed by atoms with Crippen molar-refractivity contribution in [1.82, 2.24) is 4.90 Å². The third-order valence-electron chi connectivity index (χ3n) is 4.15. The van der Waals surface area contributed by atoms with Gasteiger partial charge in [0.2, 0.25) is 5.78 Å². The molecule has 0 fully saturated rings. The molecule has 0 spiro atoms. The van der Waals surface area contributed by atoms with Crippen LogP contribution in [0, 0.1) is 5.92 Å². The second kappa shape index (κ2) is 8.22. The monoisotopic (exact) mass is 344 g/mol. The quantitative estimate of drug-likeness (QED) is 0.783. The van der Waals surface area contributed by atoms with Crippen LogP contribution in [-0.4, -0.2) is 36.2 Å². The molecule has 4 nitrogen and oxygen atoms in total. The van der Waals surface area contributed by atoms with E-state index in [2.05, 4.69) is 13.8 Å². The van der Waals surface area contributed by atoms with Crippen molar-refractivity contribution in [2.45, 2.75) is 26.3 Å². The van der Waals surface area contributed by atoms with Crippen LogP contribution in [0.15, 0.2) is 41.8 Å². The van der Waals surface area contributed by atoms with E-state index in [1.165, 1.54) is 11.3 Å². The molecule has 2 N–H and O–H groups in total. The van der Waals surface area contributed by atoms with Crippen molar-refractivity contribution in [3.63, 3.8) is 0 Å². The van der Waals surface area contributed by atoms with E-state index >= 15 is 0 Å². The lowest BCUT2D eigenvalue weighted by Crippen LogP contribution is -2.35. The number of rotatable bonds is 7. The minimum Gasteiger partial charge on any atom is -0.342 e. The maximum absolute atomic E-state index is 12.8. The van der Waals surface area contributed by atoms with Gasteiger partial charge < -0.3 is 10.6 Å². The Balaban J connectivity index is 2.16. The van der Waals surface area contributed by atoms with Crippen molar-refractivity contribution in [1.29, 1.82) is 0 Å². The first-order chi connectivity index (χ1) is 11.4. The molecule has 0 radical (unpaired) electrons. The van der Waals surface area contributed by atoms with Gasteiger partial charge >= 0.3 is 0 Å². The fraction of sp³-hybridized carbons (Fsp3) is 0.368. The van der Waals surface area contributed by atoms with E-state index < -0.39 is 0 Å². The number of hydrogen-bond acceptors (Lipinski definition) is 4. The molecule has 2 aromatic rings. The molecule has 0 aliphatic carbocycles. The maximum atomic E-state index is 12.8. The molecule has 1 atom stereocenters. The zero-order chi connectivity index (χ0) is 17.7. The Morgan fingerprint density at radius 1 is 1.12 bits per heavy atom. The Labute approximate surface area is 147 Å². The van der Waals surface area contributed by atoms with Gasteiger partial charge in [-0.05, 0) is 29.9 Å². The molecule has 1 unspecified atom stereocenters. The van der Waals surface area contributed by atoms with Gasteiger partial charge in [0, 0.05) is 25.2 Å². The number of ketones is 1. The van der Waals surface area contributed by atoms with E-state index in [4.69, 9.17) is 5.73 Å². The van der Waals surface area contributed by atoms with Crippen LogP contribution in [0.1, 0.15) is 45.9 Å². The van der Waals surface area contributed by atoms with E-state index in [1.807, 2.05) is 11.4 Å². The smallest absolute Gasteiger partial charge is 0.254 e. The summed E-state index contributed by atoms with van der Waals surface area (Å²) in [7, 11) is 1.75. The molecular formula is C19H24N2O2S. The van der Waals surface area contributed by atoms with Crippen molar-refractivity contribution in [3.8, 4) is 0 Å². The number of nitrogens with zero attached hydrogens (tertiary/aromatic N) is 1. The van der Waals surface area contributed by atoms with Crippen LogP contribution < -0.4 is 5.73 Å². The summed E-state index contributed by atoms with van der Waals surface area (Å²) in [5.41, 5.74) is 6.95. The molecule has 0 saturated carbocycles. The van der Waals surface area contributed by atoms with Gasteiger partial charge in [0.15, 0.2) is 0 Å². The summed E-state index contributed by atoms with van der Waals surface area (Å²) in [6.45, 7) is 4.71. The summed E-state index contributed by atoms with van der Waals surface area (Å²) >= 11 is 1.38. The van der Waals surface area contributed by atoms with Gasteiger partial charge in [-0.3, -0.25) is 9.59 Å². The second-order valence-electron chi connectivity index (χ2n) is 6.28. The highest BCUT2D eigenvalue weighted by Crippen LogP contribution is 2.19. The van der Waals surface area contributed by atoms with Gasteiger partial charge in [-0.1, -0.05) is 38.1 Å². The van der Waals surface area contributed by atoms with Gasteiger partial charge in [0.1, 0.15) is 0 Å². The van der Waals surface area contributed by atoms with Crippen LogP contribution in [0.25, 0.3) is 0 Å². The van der Waals surface area contributed by atoms with Gasteiger partial charge in [0.25, 0.3) is 5.91 Å². The average Bonchev–Trinajstić information content (AvgIpc) is 3.12. The maximum Gasteiger partial charge on any atom is 0.254 e. The predicted molar refractivity (Wildman–Crippen MR) is 98.6 cm³/mol. The lowest BCUT2D eigenvalue weighted by Gasteiger charge is -2.22. The Morgan fingerprint density at radius 2 is 1.79 bits per heavy atom. The molecule has 2 rings (SSSR count). The van der Waals surface area contributed by atoms with Crippen LogP contribution in [0.4, 0.5) is 0 Å². The lowest BCUT2D eigenvalue weighted by atomic mass is 10.00. The average molecular weight is 344 g/mol. The minimum absolute atomic E-state index is 0.0586. The number of carbonyl (C=O) groups is 2. The first-order valence-corrected chi connectivity index (χ1v) is 8.98. The van der Waals surface area contributed by atoms with Gasteiger partial charge in [-0.15, -0.1) is 11.3 Å².